The molecule has 5 nitrogen and oxygen atoms in total. The summed E-state index contributed by atoms with van der Waals surface area (Å²) in [5.41, 5.74) is 0. The van der Waals surface area contributed by atoms with Gasteiger partial charge in [-0.25, -0.2) is 4.79 Å². The van der Waals surface area contributed by atoms with E-state index < -0.39 is 5.76 Å². The first-order valence-corrected chi connectivity index (χ1v) is 3.87. The van der Waals surface area contributed by atoms with Crippen molar-refractivity contribution in [3.8, 4) is 0 Å². The number of anilines is 1. The summed E-state index contributed by atoms with van der Waals surface area (Å²) in [6, 6.07) is 0. The van der Waals surface area contributed by atoms with Crippen LogP contribution in [0.4, 0.5) is 5.82 Å². The smallest absolute Gasteiger partial charge is 0.414 e. The van der Waals surface area contributed by atoms with Crippen LogP contribution >= 0.6 is 0 Å². The molecule has 1 fully saturated rings. The molecule has 1 aliphatic rings. The van der Waals surface area contributed by atoms with Gasteiger partial charge in [-0.05, 0) is 0 Å². The Morgan fingerprint density at radius 1 is 1.42 bits per heavy atom. The van der Waals surface area contributed by atoms with Crippen LogP contribution in [0.3, 0.4) is 0 Å². The SMILES string of the molecule is O=c1[nH]c(N2CCOCC2)co1. The molecule has 0 unspecified atom stereocenters. The van der Waals surface area contributed by atoms with Crippen LogP contribution in [0.25, 0.3) is 0 Å². The molecule has 0 aromatic carbocycles. The molecule has 1 saturated heterocycles. The van der Waals surface area contributed by atoms with E-state index in [1.807, 2.05) is 4.90 Å². The van der Waals surface area contributed by atoms with Crippen molar-refractivity contribution in [1.82, 2.24) is 4.98 Å². The minimum atomic E-state index is -0.406. The van der Waals surface area contributed by atoms with Gasteiger partial charge in [0.2, 0.25) is 0 Å². The van der Waals surface area contributed by atoms with Crippen LogP contribution in [0.1, 0.15) is 0 Å². The standard InChI is InChI=1S/C7H10N2O3/c10-7-8-6(5-12-7)9-1-3-11-4-2-9/h5H,1-4H2,(H,8,10). The van der Waals surface area contributed by atoms with E-state index in [0.29, 0.717) is 13.2 Å². The van der Waals surface area contributed by atoms with E-state index in [1.54, 1.807) is 0 Å². The van der Waals surface area contributed by atoms with E-state index in [9.17, 15) is 4.79 Å². The van der Waals surface area contributed by atoms with Gasteiger partial charge in [-0.1, -0.05) is 0 Å². The number of nitrogens with one attached hydrogen (secondary N) is 1. The fourth-order valence-electron chi connectivity index (χ4n) is 1.23. The lowest BCUT2D eigenvalue weighted by molar-refractivity contribution is 0.122. The van der Waals surface area contributed by atoms with Crippen molar-refractivity contribution < 1.29 is 9.15 Å². The van der Waals surface area contributed by atoms with Crippen molar-refractivity contribution in [1.29, 1.82) is 0 Å². The van der Waals surface area contributed by atoms with Crippen LogP contribution in [0.15, 0.2) is 15.5 Å². The van der Waals surface area contributed by atoms with Gasteiger partial charge in [0, 0.05) is 13.1 Å². The van der Waals surface area contributed by atoms with Crippen molar-refractivity contribution in [3.63, 3.8) is 0 Å². The van der Waals surface area contributed by atoms with E-state index in [-0.39, 0.29) is 0 Å². The van der Waals surface area contributed by atoms with Crippen LogP contribution < -0.4 is 10.7 Å². The average molecular weight is 170 g/mol. The summed E-state index contributed by atoms with van der Waals surface area (Å²) in [6.07, 6.45) is 1.44. The number of aromatic nitrogens is 1. The Kier molecular flexibility index (Phi) is 1.87. The molecule has 0 aliphatic carbocycles. The Hall–Kier alpha value is -1.23. The predicted octanol–water partition coefficient (Wildman–Crippen LogP) is -0.196. The van der Waals surface area contributed by atoms with E-state index in [4.69, 9.17) is 4.74 Å². The Morgan fingerprint density at radius 3 is 2.75 bits per heavy atom. The van der Waals surface area contributed by atoms with Gasteiger partial charge in [0.25, 0.3) is 0 Å². The molecule has 1 aliphatic heterocycles. The third-order valence-corrected chi connectivity index (χ3v) is 1.86. The number of ether oxygens (including phenoxy) is 1. The molecule has 0 atom stereocenters. The largest absolute Gasteiger partial charge is 0.417 e. The van der Waals surface area contributed by atoms with Crippen molar-refractivity contribution in [2.75, 3.05) is 31.2 Å². The lowest BCUT2D eigenvalue weighted by Gasteiger charge is -2.26. The molecule has 66 valence electrons. The average Bonchev–Trinajstić information content (AvgIpc) is 2.54. The molecule has 2 heterocycles. The molecule has 12 heavy (non-hydrogen) atoms. The Balaban J connectivity index is 2.13. The lowest BCUT2D eigenvalue weighted by atomic mass is 10.4. The van der Waals surface area contributed by atoms with Gasteiger partial charge in [-0.2, -0.15) is 0 Å². The van der Waals surface area contributed by atoms with Gasteiger partial charge in [0.15, 0.2) is 0 Å². The fourth-order valence-corrected chi connectivity index (χ4v) is 1.23. The second-order valence-electron chi connectivity index (χ2n) is 2.63. The van der Waals surface area contributed by atoms with Gasteiger partial charge >= 0.3 is 5.76 Å². The molecule has 1 aromatic heterocycles. The number of rotatable bonds is 1. The number of oxazole rings is 1. The molecule has 2 rings (SSSR count). The van der Waals surface area contributed by atoms with E-state index in [0.717, 1.165) is 18.9 Å². The number of H-pyrrole nitrogens is 1. The molecule has 0 bridgehead atoms. The van der Waals surface area contributed by atoms with Crippen molar-refractivity contribution in [2.24, 2.45) is 0 Å². The van der Waals surface area contributed by atoms with E-state index in [2.05, 4.69) is 9.40 Å². The zero-order chi connectivity index (χ0) is 8.39. The normalized spacial score (nSPS) is 18.2. The first-order valence-electron chi connectivity index (χ1n) is 3.87. The maximum absolute atomic E-state index is 10.7. The first-order chi connectivity index (χ1) is 5.86. The highest BCUT2D eigenvalue weighted by molar-refractivity contribution is 5.34. The predicted molar refractivity (Wildman–Crippen MR) is 42.4 cm³/mol. The molecule has 0 saturated carbocycles. The Bertz CT molecular complexity index is 298. The summed E-state index contributed by atoms with van der Waals surface area (Å²) in [5, 5.41) is 0. The highest BCUT2D eigenvalue weighted by Gasteiger charge is 2.12. The van der Waals surface area contributed by atoms with Gasteiger partial charge in [0.05, 0.1) is 13.2 Å². The summed E-state index contributed by atoms with van der Waals surface area (Å²) in [4.78, 5) is 15.3. The van der Waals surface area contributed by atoms with E-state index in [1.165, 1.54) is 6.26 Å². The van der Waals surface area contributed by atoms with Gasteiger partial charge < -0.3 is 14.1 Å². The molecule has 5 heteroatoms. The second kappa shape index (κ2) is 3.02. The zero-order valence-electron chi connectivity index (χ0n) is 6.58. The van der Waals surface area contributed by atoms with Crippen molar-refractivity contribution in [3.05, 3.63) is 16.8 Å². The van der Waals surface area contributed by atoms with Crippen molar-refractivity contribution >= 4 is 5.82 Å². The number of nitrogens with zero attached hydrogens (tertiary/aromatic N) is 1. The van der Waals surface area contributed by atoms with Crippen LogP contribution in [0.2, 0.25) is 0 Å². The maximum atomic E-state index is 10.7. The Morgan fingerprint density at radius 2 is 2.17 bits per heavy atom. The lowest BCUT2D eigenvalue weighted by Crippen LogP contribution is -2.36. The van der Waals surface area contributed by atoms with Crippen LogP contribution in [0.5, 0.6) is 0 Å². The maximum Gasteiger partial charge on any atom is 0.417 e. The molecule has 0 spiro atoms. The minimum Gasteiger partial charge on any atom is -0.414 e. The van der Waals surface area contributed by atoms with Gasteiger partial charge in [-0.15, -0.1) is 0 Å². The van der Waals surface area contributed by atoms with Crippen LogP contribution in [-0.2, 0) is 4.74 Å². The second-order valence-corrected chi connectivity index (χ2v) is 2.63. The minimum absolute atomic E-state index is 0.406. The Labute approximate surface area is 68.9 Å². The molecule has 1 aromatic rings. The van der Waals surface area contributed by atoms with E-state index >= 15 is 0 Å². The van der Waals surface area contributed by atoms with Crippen molar-refractivity contribution in [2.45, 2.75) is 0 Å². The molecule has 0 amide bonds. The van der Waals surface area contributed by atoms with Gasteiger partial charge in [0.1, 0.15) is 12.1 Å². The number of morpholine rings is 1. The third kappa shape index (κ3) is 1.35. The summed E-state index contributed by atoms with van der Waals surface area (Å²) >= 11 is 0. The quantitative estimate of drug-likeness (QED) is 0.634. The highest BCUT2D eigenvalue weighted by Crippen LogP contribution is 2.09. The number of aromatic amines is 1. The number of hydrogen-bond acceptors (Lipinski definition) is 4. The molecular formula is C7H10N2O3. The summed E-state index contributed by atoms with van der Waals surface area (Å²) in [6.45, 7) is 3.01. The van der Waals surface area contributed by atoms with Gasteiger partial charge in [-0.3, -0.25) is 4.98 Å². The summed E-state index contributed by atoms with van der Waals surface area (Å²) in [5.74, 6) is 0.333. The zero-order valence-corrected chi connectivity index (χ0v) is 6.58. The van der Waals surface area contributed by atoms with Crippen LogP contribution in [0, 0.1) is 0 Å². The summed E-state index contributed by atoms with van der Waals surface area (Å²) in [7, 11) is 0. The summed E-state index contributed by atoms with van der Waals surface area (Å²) < 4.78 is 9.79. The monoisotopic (exact) mass is 170 g/mol. The highest BCUT2D eigenvalue weighted by atomic mass is 16.5. The molecular weight excluding hydrogens is 160 g/mol. The van der Waals surface area contributed by atoms with Crippen LogP contribution in [-0.4, -0.2) is 31.3 Å². The fraction of sp³-hybridized carbons (Fsp3) is 0.571. The topological polar surface area (TPSA) is 58.5 Å². The molecule has 0 radical (unpaired) electrons. The number of hydrogen-bond donors (Lipinski definition) is 1. The third-order valence-electron chi connectivity index (χ3n) is 1.86. The molecule has 1 N–H and O–H groups in total. The first kappa shape index (κ1) is 7.42.